The van der Waals surface area contributed by atoms with E-state index in [9.17, 15) is 4.79 Å². The van der Waals surface area contributed by atoms with Crippen LogP contribution in [0.25, 0.3) is 11.4 Å². The number of carbonyl (C=O) groups excluding carboxylic acids is 1. The highest BCUT2D eigenvalue weighted by Gasteiger charge is 2.31. The standard InChI is InChI=1S/C20H21N5O2S/c1-13(19(26)22-15-6-3-7-17(11-15)27-2)28-20-24-23-18(25(20)16-8-9-16)14-5-4-10-21-12-14/h3-7,10-13,16H,8-9H2,1-2H3,(H,22,26). The molecular formula is C20H21N5O2S. The second kappa shape index (κ2) is 8.02. The maximum Gasteiger partial charge on any atom is 0.237 e. The van der Waals surface area contributed by atoms with Crippen molar-refractivity contribution >= 4 is 23.4 Å². The number of amides is 1. The van der Waals surface area contributed by atoms with E-state index in [1.54, 1.807) is 25.6 Å². The average molecular weight is 395 g/mol. The van der Waals surface area contributed by atoms with Crippen molar-refractivity contribution in [3.8, 4) is 17.1 Å². The maximum atomic E-state index is 12.6. The van der Waals surface area contributed by atoms with Crippen LogP contribution in [0.3, 0.4) is 0 Å². The van der Waals surface area contributed by atoms with Crippen molar-refractivity contribution in [1.82, 2.24) is 19.7 Å². The van der Waals surface area contributed by atoms with Crippen molar-refractivity contribution in [2.24, 2.45) is 0 Å². The van der Waals surface area contributed by atoms with E-state index in [1.807, 2.05) is 37.3 Å². The molecule has 1 unspecified atom stereocenters. The first-order valence-electron chi connectivity index (χ1n) is 9.12. The highest BCUT2D eigenvalue weighted by atomic mass is 32.2. The SMILES string of the molecule is COc1cccc(NC(=O)C(C)Sc2nnc(-c3cccnc3)n2C2CC2)c1. The molecule has 1 N–H and O–H groups in total. The highest BCUT2D eigenvalue weighted by Crippen LogP contribution is 2.41. The first-order valence-corrected chi connectivity index (χ1v) is 10.0. The second-order valence-electron chi connectivity index (χ2n) is 6.63. The Bertz CT molecular complexity index is 972. The van der Waals surface area contributed by atoms with Crippen LogP contribution in [0.4, 0.5) is 5.69 Å². The molecule has 2 heterocycles. The van der Waals surface area contributed by atoms with E-state index in [1.165, 1.54) is 11.8 Å². The summed E-state index contributed by atoms with van der Waals surface area (Å²) in [5.41, 5.74) is 1.64. The predicted molar refractivity (Wildman–Crippen MR) is 108 cm³/mol. The molecule has 0 bridgehead atoms. The summed E-state index contributed by atoms with van der Waals surface area (Å²) in [6, 6.07) is 11.6. The molecule has 0 radical (unpaired) electrons. The van der Waals surface area contributed by atoms with Crippen LogP contribution in [0.2, 0.25) is 0 Å². The van der Waals surface area contributed by atoms with Crippen LogP contribution in [0.1, 0.15) is 25.8 Å². The lowest BCUT2D eigenvalue weighted by Gasteiger charge is -2.13. The highest BCUT2D eigenvalue weighted by molar-refractivity contribution is 8.00. The third-order valence-electron chi connectivity index (χ3n) is 4.48. The van der Waals surface area contributed by atoms with Gasteiger partial charge in [0.2, 0.25) is 5.91 Å². The van der Waals surface area contributed by atoms with Crippen molar-refractivity contribution in [3.63, 3.8) is 0 Å². The largest absolute Gasteiger partial charge is 0.497 e. The molecule has 2 aromatic heterocycles. The number of hydrogen-bond acceptors (Lipinski definition) is 6. The van der Waals surface area contributed by atoms with E-state index < -0.39 is 0 Å². The number of rotatable bonds is 7. The third kappa shape index (κ3) is 4.01. The summed E-state index contributed by atoms with van der Waals surface area (Å²) in [7, 11) is 1.60. The average Bonchev–Trinajstić information content (AvgIpc) is 3.48. The van der Waals surface area contributed by atoms with Crippen molar-refractivity contribution in [2.45, 2.75) is 36.2 Å². The van der Waals surface area contributed by atoms with Crippen LogP contribution < -0.4 is 10.1 Å². The summed E-state index contributed by atoms with van der Waals surface area (Å²) in [5.74, 6) is 1.41. The monoisotopic (exact) mass is 395 g/mol. The number of nitrogens with zero attached hydrogens (tertiary/aromatic N) is 4. The molecule has 144 valence electrons. The van der Waals surface area contributed by atoms with Gasteiger partial charge >= 0.3 is 0 Å². The van der Waals surface area contributed by atoms with Gasteiger partial charge < -0.3 is 10.1 Å². The van der Waals surface area contributed by atoms with Crippen LogP contribution in [-0.2, 0) is 4.79 Å². The Morgan fingerprint density at radius 2 is 2.14 bits per heavy atom. The maximum absolute atomic E-state index is 12.6. The van der Waals surface area contributed by atoms with Gasteiger partial charge in [-0.3, -0.25) is 14.3 Å². The number of ether oxygens (including phenoxy) is 1. The fourth-order valence-corrected chi connectivity index (χ4v) is 3.79. The number of carbonyl (C=O) groups is 1. The Balaban J connectivity index is 1.50. The van der Waals surface area contributed by atoms with Gasteiger partial charge in [0.1, 0.15) is 5.75 Å². The fourth-order valence-electron chi connectivity index (χ4n) is 2.87. The van der Waals surface area contributed by atoms with Crippen LogP contribution >= 0.6 is 11.8 Å². The van der Waals surface area contributed by atoms with Gasteiger partial charge in [-0.1, -0.05) is 17.8 Å². The summed E-state index contributed by atoms with van der Waals surface area (Å²) in [6.07, 6.45) is 5.73. The Hall–Kier alpha value is -2.87. The lowest BCUT2D eigenvalue weighted by molar-refractivity contribution is -0.115. The molecule has 1 atom stereocenters. The van der Waals surface area contributed by atoms with Gasteiger partial charge in [0.25, 0.3) is 0 Å². The van der Waals surface area contributed by atoms with Crippen molar-refractivity contribution in [3.05, 3.63) is 48.8 Å². The molecule has 1 aliphatic carbocycles. The van der Waals surface area contributed by atoms with E-state index in [0.29, 0.717) is 17.5 Å². The number of aromatic nitrogens is 4. The summed E-state index contributed by atoms with van der Waals surface area (Å²) < 4.78 is 7.34. The quantitative estimate of drug-likeness (QED) is 0.613. The molecule has 1 saturated carbocycles. The summed E-state index contributed by atoms with van der Waals surface area (Å²) >= 11 is 1.42. The molecule has 8 heteroatoms. The smallest absolute Gasteiger partial charge is 0.237 e. The number of benzene rings is 1. The predicted octanol–water partition coefficient (Wildman–Crippen LogP) is 3.80. The van der Waals surface area contributed by atoms with Gasteiger partial charge in [0.05, 0.1) is 12.4 Å². The molecule has 3 aromatic rings. The zero-order valence-corrected chi connectivity index (χ0v) is 16.5. The summed E-state index contributed by atoms with van der Waals surface area (Å²) in [5, 5.41) is 12.1. The second-order valence-corrected chi connectivity index (χ2v) is 7.94. The Labute approximate surface area is 167 Å². The molecule has 1 aromatic carbocycles. The van der Waals surface area contributed by atoms with Crippen molar-refractivity contribution < 1.29 is 9.53 Å². The number of thioether (sulfide) groups is 1. The number of hydrogen-bond donors (Lipinski definition) is 1. The van der Waals surface area contributed by atoms with E-state index in [4.69, 9.17) is 4.74 Å². The van der Waals surface area contributed by atoms with Crippen molar-refractivity contribution in [1.29, 1.82) is 0 Å². The number of anilines is 1. The first-order chi connectivity index (χ1) is 13.7. The lowest BCUT2D eigenvalue weighted by atomic mass is 10.3. The summed E-state index contributed by atoms with van der Waals surface area (Å²) in [4.78, 5) is 16.8. The van der Waals surface area contributed by atoms with Crippen LogP contribution in [0.5, 0.6) is 5.75 Å². The van der Waals surface area contributed by atoms with Gasteiger partial charge in [0.15, 0.2) is 11.0 Å². The van der Waals surface area contributed by atoms with E-state index >= 15 is 0 Å². The van der Waals surface area contributed by atoms with Crippen molar-refractivity contribution in [2.75, 3.05) is 12.4 Å². The molecule has 0 spiro atoms. The Morgan fingerprint density at radius 1 is 1.29 bits per heavy atom. The number of methoxy groups -OCH3 is 1. The van der Waals surface area contributed by atoms with E-state index in [2.05, 4.69) is 25.1 Å². The Morgan fingerprint density at radius 3 is 2.86 bits per heavy atom. The molecule has 1 fully saturated rings. The van der Waals surface area contributed by atoms with Gasteiger partial charge in [-0.25, -0.2) is 0 Å². The number of pyridine rings is 1. The fraction of sp³-hybridized carbons (Fsp3) is 0.300. The zero-order valence-electron chi connectivity index (χ0n) is 15.7. The molecule has 7 nitrogen and oxygen atoms in total. The summed E-state index contributed by atoms with van der Waals surface area (Å²) in [6.45, 7) is 1.87. The molecule has 0 aliphatic heterocycles. The molecule has 0 saturated heterocycles. The first kappa shape index (κ1) is 18.5. The van der Waals surface area contributed by atoms with Gasteiger partial charge in [-0.2, -0.15) is 0 Å². The van der Waals surface area contributed by atoms with Gasteiger partial charge in [-0.15, -0.1) is 10.2 Å². The molecular weight excluding hydrogens is 374 g/mol. The minimum Gasteiger partial charge on any atom is -0.497 e. The molecule has 1 aliphatic rings. The topological polar surface area (TPSA) is 81.9 Å². The minimum atomic E-state index is -0.324. The van der Waals surface area contributed by atoms with Crippen LogP contribution in [-0.4, -0.2) is 38.0 Å². The third-order valence-corrected chi connectivity index (χ3v) is 5.54. The zero-order chi connectivity index (χ0) is 19.5. The lowest BCUT2D eigenvalue weighted by Crippen LogP contribution is -2.23. The minimum absolute atomic E-state index is 0.0912. The van der Waals surface area contributed by atoms with E-state index in [-0.39, 0.29) is 11.2 Å². The van der Waals surface area contributed by atoms with Gasteiger partial charge in [0, 0.05) is 35.8 Å². The Kier molecular flexibility index (Phi) is 5.29. The van der Waals surface area contributed by atoms with Crippen LogP contribution in [0, 0.1) is 0 Å². The van der Waals surface area contributed by atoms with E-state index in [0.717, 1.165) is 29.4 Å². The molecule has 4 rings (SSSR count). The normalized spacial score (nSPS) is 14.5. The molecule has 1 amide bonds. The number of nitrogens with one attached hydrogen (secondary N) is 1. The van der Waals surface area contributed by atoms with Gasteiger partial charge in [-0.05, 0) is 44.0 Å². The van der Waals surface area contributed by atoms with Crippen LogP contribution in [0.15, 0.2) is 53.9 Å². The molecule has 28 heavy (non-hydrogen) atoms.